The summed E-state index contributed by atoms with van der Waals surface area (Å²) in [5, 5.41) is 21.7. The first-order valence-electron chi connectivity index (χ1n) is 11.7. The number of thiophene rings is 1. The topological polar surface area (TPSA) is 175 Å². The van der Waals surface area contributed by atoms with Crippen molar-refractivity contribution >= 4 is 46.1 Å². The van der Waals surface area contributed by atoms with Crippen LogP contribution in [-0.2, 0) is 33.8 Å². The molecule has 0 spiro atoms. The summed E-state index contributed by atoms with van der Waals surface area (Å²) in [6, 6.07) is 9.54. The third kappa shape index (κ3) is 8.54. The van der Waals surface area contributed by atoms with E-state index in [4.69, 9.17) is 10.2 Å². The molecule has 0 bridgehead atoms. The summed E-state index contributed by atoms with van der Waals surface area (Å²) in [7, 11) is 4.16. The van der Waals surface area contributed by atoms with Gasteiger partial charge >= 0.3 is 18.0 Å². The van der Waals surface area contributed by atoms with Gasteiger partial charge in [-0.25, -0.2) is 14.4 Å². The Labute approximate surface area is 223 Å². The number of amides is 3. The number of fused-ring (bicyclic) bond motifs is 1. The summed E-state index contributed by atoms with van der Waals surface area (Å²) in [4.78, 5) is 51.9. The van der Waals surface area contributed by atoms with Gasteiger partial charge in [-0.15, -0.1) is 11.3 Å². The molecule has 3 aromatic rings. The van der Waals surface area contributed by atoms with E-state index in [9.17, 15) is 19.2 Å². The molecule has 3 heterocycles. The molecule has 1 saturated heterocycles. The number of aliphatic carboxylic acids is 2. The third-order valence-corrected chi connectivity index (χ3v) is 6.61. The highest BCUT2D eigenvalue weighted by Gasteiger charge is 2.37. The van der Waals surface area contributed by atoms with Crippen molar-refractivity contribution in [2.24, 2.45) is 0 Å². The molecular weight excluding hydrogens is 512 g/mol. The lowest BCUT2D eigenvalue weighted by Gasteiger charge is -2.12. The first-order chi connectivity index (χ1) is 17.6. The van der Waals surface area contributed by atoms with Crippen LogP contribution in [0.4, 0.5) is 4.79 Å². The Bertz CT molecular complexity index is 1270. The highest BCUT2D eigenvalue weighted by Crippen LogP contribution is 2.23. The minimum atomic E-state index is -1.26. The molecule has 1 unspecified atom stereocenters. The van der Waals surface area contributed by atoms with Crippen molar-refractivity contribution in [3.8, 4) is 0 Å². The Morgan fingerprint density at radius 1 is 1.11 bits per heavy atom. The number of nitrogens with zero attached hydrogens (tertiary/aromatic N) is 2. The Kier molecular flexibility index (Phi) is 11.2. The van der Waals surface area contributed by atoms with Crippen molar-refractivity contribution in [1.29, 1.82) is 0 Å². The molecule has 1 aromatic carbocycles. The number of benzene rings is 1. The Balaban J connectivity index is 0.000000493. The summed E-state index contributed by atoms with van der Waals surface area (Å²) in [6.45, 7) is 1.35. The number of carboxylic acid groups (broad SMARTS) is 2. The van der Waals surface area contributed by atoms with Crippen molar-refractivity contribution < 1.29 is 34.9 Å². The molecule has 12 heteroatoms. The normalized spacial score (nSPS) is 14.9. The first kappa shape index (κ1) is 30.2. The maximum Gasteiger partial charge on any atom is 0.328 e. The van der Waals surface area contributed by atoms with Crippen molar-refractivity contribution in [3.63, 3.8) is 0 Å². The lowest BCUT2D eigenvalue weighted by Crippen LogP contribution is -2.30. The van der Waals surface area contributed by atoms with Gasteiger partial charge in [-0.3, -0.25) is 9.69 Å². The number of carbonyl (C=O) groups excluding carboxylic acids is 2. The Hall–Kier alpha value is -4.00. The van der Waals surface area contributed by atoms with E-state index in [0.29, 0.717) is 25.1 Å². The molecule has 2 aromatic heterocycles. The number of carboxylic acids is 2. The molecule has 6 N–H and O–H groups in total. The SMILES string of the molecule is CN(C)CCc1c[nH]c2ccc(CCC3NC(=O)N(Cc4cccs4)C3=O)cc12.O.O=C(O)/C=C\C(=O)O. The molecule has 1 aliphatic rings. The summed E-state index contributed by atoms with van der Waals surface area (Å²) in [5.41, 5.74) is 3.62. The first-order valence-corrected chi connectivity index (χ1v) is 12.5. The van der Waals surface area contributed by atoms with Crippen LogP contribution in [0, 0.1) is 0 Å². The fourth-order valence-corrected chi connectivity index (χ4v) is 4.56. The largest absolute Gasteiger partial charge is 0.478 e. The molecule has 204 valence electrons. The van der Waals surface area contributed by atoms with E-state index in [2.05, 4.69) is 53.7 Å². The van der Waals surface area contributed by atoms with Gasteiger partial charge in [0.25, 0.3) is 5.91 Å². The molecule has 0 radical (unpaired) electrons. The zero-order chi connectivity index (χ0) is 26.9. The highest BCUT2D eigenvalue weighted by molar-refractivity contribution is 7.09. The van der Waals surface area contributed by atoms with E-state index in [1.165, 1.54) is 21.4 Å². The number of hydrogen-bond acceptors (Lipinski definition) is 6. The number of nitrogens with one attached hydrogen (secondary N) is 2. The van der Waals surface area contributed by atoms with E-state index in [1.54, 1.807) is 11.3 Å². The van der Waals surface area contributed by atoms with E-state index in [0.717, 1.165) is 29.8 Å². The van der Waals surface area contributed by atoms with Crippen LogP contribution < -0.4 is 5.32 Å². The number of aromatic amines is 1. The van der Waals surface area contributed by atoms with E-state index in [-0.39, 0.29) is 17.4 Å². The molecular formula is C26H32N4O7S. The van der Waals surface area contributed by atoms with Crippen LogP contribution in [0.15, 0.2) is 54.1 Å². The van der Waals surface area contributed by atoms with Crippen molar-refractivity contribution in [3.05, 3.63) is 70.1 Å². The summed E-state index contributed by atoms with van der Waals surface area (Å²) in [5.74, 6) is -2.64. The summed E-state index contributed by atoms with van der Waals surface area (Å²) >= 11 is 1.55. The molecule has 0 saturated carbocycles. The van der Waals surface area contributed by atoms with Crippen molar-refractivity contribution in [2.75, 3.05) is 20.6 Å². The van der Waals surface area contributed by atoms with Crippen LogP contribution >= 0.6 is 11.3 Å². The van der Waals surface area contributed by atoms with Gasteiger partial charge in [0.2, 0.25) is 0 Å². The molecule has 0 aliphatic carbocycles. The number of hydrogen-bond donors (Lipinski definition) is 4. The highest BCUT2D eigenvalue weighted by atomic mass is 32.1. The van der Waals surface area contributed by atoms with E-state index >= 15 is 0 Å². The van der Waals surface area contributed by atoms with Gasteiger partial charge < -0.3 is 30.9 Å². The summed E-state index contributed by atoms with van der Waals surface area (Å²) < 4.78 is 0. The second kappa shape index (κ2) is 14.1. The minimum absolute atomic E-state index is 0. The maximum absolute atomic E-state index is 12.7. The van der Waals surface area contributed by atoms with Crippen LogP contribution in [0.2, 0.25) is 0 Å². The van der Waals surface area contributed by atoms with Gasteiger partial charge in [0.15, 0.2) is 0 Å². The minimum Gasteiger partial charge on any atom is -0.478 e. The molecule has 4 rings (SSSR count). The number of rotatable bonds is 10. The molecule has 1 fully saturated rings. The Morgan fingerprint density at radius 3 is 2.42 bits per heavy atom. The average molecular weight is 545 g/mol. The van der Waals surface area contributed by atoms with Crippen LogP contribution in [0.25, 0.3) is 10.9 Å². The predicted octanol–water partition coefficient (Wildman–Crippen LogP) is 2.27. The number of imide groups is 1. The number of aromatic nitrogens is 1. The van der Waals surface area contributed by atoms with Crippen molar-refractivity contribution in [1.82, 2.24) is 20.1 Å². The molecule has 11 nitrogen and oxygen atoms in total. The number of carbonyl (C=O) groups is 4. The zero-order valence-electron chi connectivity index (χ0n) is 21.1. The smallest absolute Gasteiger partial charge is 0.328 e. The lowest BCUT2D eigenvalue weighted by molar-refractivity contribution is -0.134. The van der Waals surface area contributed by atoms with Gasteiger partial charge in [0, 0.05) is 40.7 Å². The Morgan fingerprint density at radius 2 is 1.82 bits per heavy atom. The lowest BCUT2D eigenvalue weighted by atomic mass is 10.0. The predicted molar refractivity (Wildman–Crippen MR) is 144 cm³/mol. The van der Waals surface area contributed by atoms with Crippen LogP contribution in [0.1, 0.15) is 22.4 Å². The monoisotopic (exact) mass is 544 g/mol. The second-order valence-electron chi connectivity index (χ2n) is 8.80. The number of aryl methyl sites for hydroxylation is 1. The fraction of sp³-hybridized carbons (Fsp3) is 0.308. The average Bonchev–Trinajstić information content (AvgIpc) is 3.57. The molecule has 1 atom stereocenters. The third-order valence-electron chi connectivity index (χ3n) is 5.75. The van der Waals surface area contributed by atoms with Crippen molar-refractivity contribution in [2.45, 2.75) is 31.8 Å². The van der Waals surface area contributed by atoms with Gasteiger partial charge in [-0.05, 0) is 68.1 Å². The molecule has 1 aliphatic heterocycles. The van der Waals surface area contributed by atoms with Gasteiger partial charge in [-0.1, -0.05) is 12.1 Å². The van der Waals surface area contributed by atoms with E-state index < -0.39 is 18.0 Å². The van der Waals surface area contributed by atoms with Gasteiger partial charge in [-0.2, -0.15) is 0 Å². The second-order valence-corrected chi connectivity index (χ2v) is 9.83. The fourth-order valence-electron chi connectivity index (χ4n) is 3.87. The van der Waals surface area contributed by atoms with Gasteiger partial charge in [0.1, 0.15) is 6.04 Å². The maximum atomic E-state index is 12.7. The van der Waals surface area contributed by atoms with Crippen LogP contribution in [-0.4, -0.2) is 81.0 Å². The molecule has 38 heavy (non-hydrogen) atoms. The zero-order valence-corrected chi connectivity index (χ0v) is 22.0. The molecule has 3 amide bonds. The van der Waals surface area contributed by atoms with Crippen LogP contribution in [0.3, 0.4) is 0 Å². The number of H-pyrrole nitrogens is 1. The van der Waals surface area contributed by atoms with E-state index in [1.807, 2.05) is 17.5 Å². The van der Waals surface area contributed by atoms with Crippen LogP contribution in [0.5, 0.6) is 0 Å². The summed E-state index contributed by atoms with van der Waals surface area (Å²) in [6.07, 6.45) is 5.54. The standard InChI is InChI=1S/C22H26N4O2S.C4H4O4.H2O/c1-25(2)10-9-16-13-23-19-7-5-15(12-18(16)19)6-8-20-21(27)26(22(28)24-20)14-17-4-3-11-29-17;5-3(6)1-2-4(7)8;/h3-5,7,11-13,20,23H,6,8-10,14H2,1-2H3,(H,24,28);1-2H,(H,5,6)(H,7,8);1H2/b;2-1-;. The van der Waals surface area contributed by atoms with Gasteiger partial charge in [0.05, 0.1) is 6.54 Å². The number of likely N-dealkylation sites (N-methyl/N-ethyl adjacent to an activating group) is 1. The quantitative estimate of drug-likeness (QED) is 0.224. The number of urea groups is 1.